The molecule has 0 saturated carbocycles. The Balaban J connectivity index is 2.29. The molecule has 1 aromatic heterocycles. The van der Waals surface area contributed by atoms with Crippen LogP contribution in [0.3, 0.4) is 0 Å². The summed E-state index contributed by atoms with van der Waals surface area (Å²) in [6.45, 7) is 5.01. The van der Waals surface area contributed by atoms with Crippen LogP contribution >= 0.6 is 0 Å². The average molecular weight is 217 g/mol. The van der Waals surface area contributed by atoms with Crippen molar-refractivity contribution in [3.8, 4) is 0 Å². The SMILES string of the molecule is CCc1ccc2nc(CC(C)CN)[nH]c2c1. The predicted octanol–water partition coefficient (Wildman–Crippen LogP) is 2.26. The lowest BCUT2D eigenvalue weighted by Gasteiger charge is -2.03. The van der Waals surface area contributed by atoms with Gasteiger partial charge in [0.15, 0.2) is 0 Å². The van der Waals surface area contributed by atoms with E-state index in [1.807, 2.05) is 0 Å². The molecule has 2 aromatic rings. The van der Waals surface area contributed by atoms with Gasteiger partial charge in [0.25, 0.3) is 0 Å². The molecule has 0 radical (unpaired) electrons. The Hall–Kier alpha value is -1.35. The van der Waals surface area contributed by atoms with Gasteiger partial charge in [0.2, 0.25) is 0 Å². The van der Waals surface area contributed by atoms with Crippen LogP contribution in [0.15, 0.2) is 18.2 Å². The zero-order valence-corrected chi connectivity index (χ0v) is 9.96. The lowest BCUT2D eigenvalue weighted by molar-refractivity contribution is 0.578. The zero-order chi connectivity index (χ0) is 11.5. The van der Waals surface area contributed by atoms with E-state index in [0.717, 1.165) is 29.7 Å². The minimum absolute atomic E-state index is 0.478. The van der Waals surface area contributed by atoms with Gasteiger partial charge in [-0.1, -0.05) is 19.9 Å². The molecule has 0 amide bonds. The summed E-state index contributed by atoms with van der Waals surface area (Å²) in [7, 11) is 0. The van der Waals surface area contributed by atoms with Crippen LogP contribution in [0, 0.1) is 5.92 Å². The molecule has 1 heterocycles. The smallest absolute Gasteiger partial charge is 0.107 e. The van der Waals surface area contributed by atoms with E-state index in [4.69, 9.17) is 5.73 Å². The molecule has 0 bridgehead atoms. The third-order valence-electron chi connectivity index (χ3n) is 2.95. The molecule has 0 fully saturated rings. The molecule has 0 saturated heterocycles. The molecule has 16 heavy (non-hydrogen) atoms. The number of hydrogen-bond acceptors (Lipinski definition) is 2. The van der Waals surface area contributed by atoms with E-state index in [9.17, 15) is 0 Å². The molecule has 0 aliphatic heterocycles. The van der Waals surface area contributed by atoms with Crippen molar-refractivity contribution in [3.05, 3.63) is 29.6 Å². The van der Waals surface area contributed by atoms with Crippen molar-refractivity contribution >= 4 is 11.0 Å². The van der Waals surface area contributed by atoms with E-state index in [1.165, 1.54) is 5.56 Å². The van der Waals surface area contributed by atoms with Crippen LogP contribution in [0.2, 0.25) is 0 Å². The maximum Gasteiger partial charge on any atom is 0.107 e. The lowest BCUT2D eigenvalue weighted by atomic mass is 10.1. The molecular formula is C13H19N3. The van der Waals surface area contributed by atoms with Crippen LogP contribution in [-0.2, 0) is 12.8 Å². The van der Waals surface area contributed by atoms with Gasteiger partial charge in [-0.15, -0.1) is 0 Å². The van der Waals surface area contributed by atoms with Crippen molar-refractivity contribution in [3.63, 3.8) is 0 Å². The monoisotopic (exact) mass is 217 g/mol. The molecule has 3 nitrogen and oxygen atoms in total. The summed E-state index contributed by atoms with van der Waals surface area (Å²) in [5, 5.41) is 0. The maximum atomic E-state index is 5.62. The number of nitrogens with zero attached hydrogens (tertiary/aromatic N) is 1. The number of benzene rings is 1. The second-order valence-corrected chi connectivity index (χ2v) is 4.43. The number of rotatable bonds is 4. The first-order chi connectivity index (χ1) is 7.72. The average Bonchev–Trinajstić information content (AvgIpc) is 2.69. The topological polar surface area (TPSA) is 54.7 Å². The van der Waals surface area contributed by atoms with Crippen LogP contribution in [0.25, 0.3) is 11.0 Å². The van der Waals surface area contributed by atoms with E-state index in [0.29, 0.717) is 12.5 Å². The number of fused-ring (bicyclic) bond motifs is 1. The third-order valence-corrected chi connectivity index (χ3v) is 2.95. The Labute approximate surface area is 96.1 Å². The van der Waals surface area contributed by atoms with Crippen LogP contribution in [0.5, 0.6) is 0 Å². The molecule has 1 atom stereocenters. The standard InChI is InChI=1S/C13H19N3/c1-3-10-4-5-11-12(7-10)16-13(15-11)6-9(2)8-14/h4-5,7,9H,3,6,8,14H2,1-2H3,(H,15,16). The molecule has 3 N–H and O–H groups in total. The third kappa shape index (κ3) is 2.25. The first-order valence-corrected chi connectivity index (χ1v) is 5.90. The Morgan fingerprint density at radius 2 is 2.25 bits per heavy atom. The van der Waals surface area contributed by atoms with Gasteiger partial charge in [0.1, 0.15) is 5.82 Å². The Morgan fingerprint density at radius 1 is 1.44 bits per heavy atom. The van der Waals surface area contributed by atoms with Crippen molar-refractivity contribution in [2.75, 3.05) is 6.54 Å². The second-order valence-electron chi connectivity index (χ2n) is 4.43. The number of nitrogens with one attached hydrogen (secondary N) is 1. The molecule has 1 unspecified atom stereocenters. The van der Waals surface area contributed by atoms with Gasteiger partial charge in [0, 0.05) is 6.42 Å². The Kier molecular flexibility index (Phi) is 3.25. The van der Waals surface area contributed by atoms with Gasteiger partial charge in [-0.25, -0.2) is 4.98 Å². The largest absolute Gasteiger partial charge is 0.342 e. The van der Waals surface area contributed by atoms with Gasteiger partial charge in [0.05, 0.1) is 11.0 Å². The molecule has 3 heteroatoms. The lowest BCUT2D eigenvalue weighted by Crippen LogP contribution is -2.13. The van der Waals surface area contributed by atoms with E-state index in [2.05, 4.69) is 42.0 Å². The van der Waals surface area contributed by atoms with Crippen LogP contribution < -0.4 is 5.73 Å². The zero-order valence-electron chi connectivity index (χ0n) is 9.96. The normalized spacial score (nSPS) is 13.2. The van der Waals surface area contributed by atoms with Crippen molar-refractivity contribution in [2.24, 2.45) is 11.7 Å². The summed E-state index contributed by atoms with van der Waals surface area (Å²) in [5.41, 5.74) is 9.15. The maximum absolute atomic E-state index is 5.62. The number of imidazole rings is 1. The highest BCUT2D eigenvalue weighted by molar-refractivity contribution is 5.75. The Bertz CT molecular complexity index is 473. The van der Waals surface area contributed by atoms with E-state index < -0.39 is 0 Å². The number of H-pyrrole nitrogens is 1. The molecule has 86 valence electrons. The van der Waals surface area contributed by atoms with Gasteiger partial charge >= 0.3 is 0 Å². The van der Waals surface area contributed by atoms with Crippen molar-refractivity contribution in [1.82, 2.24) is 9.97 Å². The second kappa shape index (κ2) is 4.66. The first-order valence-electron chi connectivity index (χ1n) is 5.90. The number of aromatic amines is 1. The fourth-order valence-electron chi connectivity index (χ4n) is 1.84. The quantitative estimate of drug-likeness (QED) is 0.825. The number of nitrogens with two attached hydrogens (primary N) is 1. The van der Waals surface area contributed by atoms with E-state index in [-0.39, 0.29) is 0 Å². The summed E-state index contributed by atoms with van der Waals surface area (Å²) in [6, 6.07) is 6.40. The minimum atomic E-state index is 0.478. The summed E-state index contributed by atoms with van der Waals surface area (Å²) in [5.74, 6) is 1.52. The van der Waals surface area contributed by atoms with Crippen molar-refractivity contribution in [1.29, 1.82) is 0 Å². The van der Waals surface area contributed by atoms with Crippen LogP contribution in [0.4, 0.5) is 0 Å². The number of aryl methyl sites for hydroxylation is 1. The van der Waals surface area contributed by atoms with Crippen molar-refractivity contribution in [2.45, 2.75) is 26.7 Å². The van der Waals surface area contributed by atoms with Gasteiger partial charge in [-0.05, 0) is 36.6 Å². The molecular weight excluding hydrogens is 198 g/mol. The highest BCUT2D eigenvalue weighted by Gasteiger charge is 2.06. The first kappa shape index (κ1) is 11.1. The highest BCUT2D eigenvalue weighted by atomic mass is 14.9. The molecule has 0 aliphatic rings. The summed E-state index contributed by atoms with van der Waals surface area (Å²) >= 11 is 0. The summed E-state index contributed by atoms with van der Waals surface area (Å²) in [6.07, 6.45) is 1.98. The minimum Gasteiger partial charge on any atom is -0.342 e. The Morgan fingerprint density at radius 3 is 2.94 bits per heavy atom. The molecule has 0 spiro atoms. The summed E-state index contributed by atoms with van der Waals surface area (Å²) < 4.78 is 0. The molecule has 0 aliphatic carbocycles. The number of aromatic nitrogens is 2. The van der Waals surface area contributed by atoms with Gasteiger partial charge in [-0.2, -0.15) is 0 Å². The highest BCUT2D eigenvalue weighted by Crippen LogP contribution is 2.15. The van der Waals surface area contributed by atoms with Crippen molar-refractivity contribution < 1.29 is 0 Å². The fourth-order valence-corrected chi connectivity index (χ4v) is 1.84. The van der Waals surface area contributed by atoms with Crippen LogP contribution in [0.1, 0.15) is 25.2 Å². The molecule has 1 aromatic carbocycles. The van der Waals surface area contributed by atoms with Gasteiger partial charge in [-0.3, -0.25) is 0 Å². The molecule has 2 rings (SSSR count). The van der Waals surface area contributed by atoms with Gasteiger partial charge < -0.3 is 10.7 Å². The van der Waals surface area contributed by atoms with E-state index in [1.54, 1.807) is 0 Å². The van der Waals surface area contributed by atoms with Crippen LogP contribution in [-0.4, -0.2) is 16.5 Å². The fraction of sp³-hybridized carbons (Fsp3) is 0.462. The van der Waals surface area contributed by atoms with E-state index >= 15 is 0 Å². The number of hydrogen-bond donors (Lipinski definition) is 2. The summed E-state index contributed by atoms with van der Waals surface area (Å²) in [4.78, 5) is 7.93. The predicted molar refractivity (Wildman–Crippen MR) is 67.4 cm³/mol.